The minimum absolute atomic E-state index is 0.227. The smallest absolute Gasteiger partial charge is 0.299 e. The van der Waals surface area contributed by atoms with Crippen LogP contribution in [-0.4, -0.2) is 24.5 Å². The zero-order valence-corrected chi connectivity index (χ0v) is 9.86. The van der Waals surface area contributed by atoms with Crippen molar-refractivity contribution in [3.63, 3.8) is 0 Å². The van der Waals surface area contributed by atoms with Crippen LogP contribution in [0.1, 0.15) is 16.8 Å². The molecule has 0 radical (unpaired) electrons. The molecule has 0 bridgehead atoms. The predicted octanol–water partition coefficient (Wildman–Crippen LogP) is 1.57. The van der Waals surface area contributed by atoms with Gasteiger partial charge in [-0.15, -0.1) is 0 Å². The summed E-state index contributed by atoms with van der Waals surface area (Å²) in [7, 11) is 0. The molecule has 1 heterocycles. The first-order valence-electron chi connectivity index (χ1n) is 4.74. The molecule has 1 aromatic carbocycles. The minimum Gasteiger partial charge on any atom is -0.304 e. The normalized spacial score (nSPS) is 14.2. The highest BCUT2D eigenvalue weighted by atomic mass is 79.9. The Morgan fingerprint density at radius 3 is 2.75 bits per heavy atom. The first-order valence-corrected chi connectivity index (χ1v) is 5.54. The molecule has 0 unspecified atom stereocenters. The lowest BCUT2D eigenvalue weighted by molar-refractivity contribution is -0.114. The molecule has 4 nitrogen and oxygen atoms in total. The molecular weight excluding hydrogens is 274 g/mol. The third-order valence-electron chi connectivity index (χ3n) is 2.41. The van der Waals surface area contributed by atoms with Crippen LogP contribution in [0.3, 0.4) is 0 Å². The van der Waals surface area contributed by atoms with Crippen LogP contribution >= 0.6 is 15.9 Å². The van der Waals surface area contributed by atoms with Crippen molar-refractivity contribution in [2.75, 3.05) is 11.4 Å². The molecule has 0 fully saturated rings. The minimum atomic E-state index is -0.560. The Morgan fingerprint density at radius 2 is 2.06 bits per heavy atom. The number of anilines is 1. The van der Waals surface area contributed by atoms with Gasteiger partial charge in [-0.3, -0.25) is 9.59 Å². The summed E-state index contributed by atoms with van der Waals surface area (Å²) in [4.78, 5) is 34.9. The van der Waals surface area contributed by atoms with Crippen molar-refractivity contribution in [2.45, 2.75) is 6.42 Å². The number of ketones is 1. The number of benzene rings is 1. The maximum Gasteiger partial charge on any atom is 0.299 e. The SMILES string of the molecule is O=CCCN1C(=O)C(=O)c2ccc(Br)cc21. The second-order valence-corrected chi connectivity index (χ2v) is 4.32. The van der Waals surface area contributed by atoms with Gasteiger partial charge in [0.25, 0.3) is 11.7 Å². The van der Waals surface area contributed by atoms with E-state index in [4.69, 9.17) is 0 Å². The van der Waals surface area contributed by atoms with E-state index in [9.17, 15) is 14.4 Å². The van der Waals surface area contributed by atoms with Crippen LogP contribution in [0.4, 0.5) is 5.69 Å². The van der Waals surface area contributed by atoms with Crippen molar-refractivity contribution in [1.29, 1.82) is 0 Å². The lowest BCUT2D eigenvalue weighted by Gasteiger charge is -2.14. The Balaban J connectivity index is 2.42. The van der Waals surface area contributed by atoms with Gasteiger partial charge >= 0.3 is 0 Å². The predicted molar refractivity (Wildman–Crippen MR) is 61.5 cm³/mol. The van der Waals surface area contributed by atoms with E-state index in [-0.39, 0.29) is 13.0 Å². The van der Waals surface area contributed by atoms with E-state index in [0.29, 0.717) is 11.3 Å². The Morgan fingerprint density at radius 1 is 1.31 bits per heavy atom. The summed E-state index contributed by atoms with van der Waals surface area (Å²) in [5.74, 6) is -1.07. The molecule has 0 saturated heterocycles. The van der Waals surface area contributed by atoms with Crippen molar-refractivity contribution >= 4 is 39.6 Å². The van der Waals surface area contributed by atoms with Crippen LogP contribution in [0.5, 0.6) is 0 Å². The quantitative estimate of drug-likeness (QED) is 0.624. The van der Waals surface area contributed by atoms with E-state index in [0.717, 1.165) is 10.8 Å². The van der Waals surface area contributed by atoms with E-state index in [1.165, 1.54) is 4.90 Å². The summed E-state index contributed by atoms with van der Waals surface area (Å²) in [5.41, 5.74) is 0.977. The maximum absolute atomic E-state index is 11.6. The maximum atomic E-state index is 11.6. The van der Waals surface area contributed by atoms with Gasteiger partial charge in [-0.05, 0) is 18.2 Å². The van der Waals surface area contributed by atoms with Gasteiger partial charge in [0.15, 0.2) is 0 Å². The van der Waals surface area contributed by atoms with Crippen LogP contribution in [0.15, 0.2) is 22.7 Å². The number of rotatable bonds is 3. The molecule has 1 aliphatic heterocycles. The van der Waals surface area contributed by atoms with Crippen LogP contribution in [0.2, 0.25) is 0 Å². The Hall–Kier alpha value is -1.49. The fraction of sp³-hybridized carbons (Fsp3) is 0.182. The van der Waals surface area contributed by atoms with E-state index < -0.39 is 11.7 Å². The second kappa shape index (κ2) is 4.17. The van der Waals surface area contributed by atoms with E-state index in [1.807, 2.05) is 0 Å². The number of Topliss-reactive ketones (excluding diaryl/α,β-unsaturated/α-hetero) is 1. The zero-order chi connectivity index (χ0) is 11.7. The highest BCUT2D eigenvalue weighted by Crippen LogP contribution is 2.31. The molecule has 0 aromatic heterocycles. The number of hydrogen-bond donors (Lipinski definition) is 0. The number of aldehydes is 1. The molecule has 1 aromatic rings. The largest absolute Gasteiger partial charge is 0.304 e. The molecule has 0 atom stereocenters. The lowest BCUT2D eigenvalue weighted by atomic mass is 10.1. The van der Waals surface area contributed by atoms with Gasteiger partial charge in [0.1, 0.15) is 6.29 Å². The summed E-state index contributed by atoms with van der Waals surface area (Å²) in [6.07, 6.45) is 0.957. The number of carbonyl (C=O) groups excluding carboxylic acids is 3. The summed E-state index contributed by atoms with van der Waals surface area (Å²) >= 11 is 3.28. The average Bonchev–Trinajstić information content (AvgIpc) is 2.50. The molecule has 5 heteroatoms. The monoisotopic (exact) mass is 281 g/mol. The molecule has 0 saturated carbocycles. The van der Waals surface area contributed by atoms with Gasteiger partial charge in [0, 0.05) is 17.4 Å². The fourth-order valence-corrected chi connectivity index (χ4v) is 2.02. The highest BCUT2D eigenvalue weighted by Gasteiger charge is 2.35. The summed E-state index contributed by atoms with van der Waals surface area (Å²) in [5, 5.41) is 0. The number of carbonyl (C=O) groups is 3. The topological polar surface area (TPSA) is 54.5 Å². The third kappa shape index (κ3) is 1.67. The standard InChI is InChI=1S/C11H8BrNO3/c12-7-2-3-8-9(6-7)13(4-1-5-14)11(16)10(8)15/h2-3,5-6H,1,4H2. The Bertz CT molecular complexity index is 484. The van der Waals surface area contributed by atoms with Crippen LogP contribution < -0.4 is 4.90 Å². The molecule has 16 heavy (non-hydrogen) atoms. The fourth-order valence-electron chi connectivity index (χ4n) is 1.67. The Labute approximate surface area is 100 Å². The van der Waals surface area contributed by atoms with Crippen LogP contribution in [-0.2, 0) is 9.59 Å². The first-order chi connectivity index (χ1) is 7.65. The van der Waals surface area contributed by atoms with Crippen molar-refractivity contribution in [3.05, 3.63) is 28.2 Å². The molecule has 0 aliphatic carbocycles. The molecule has 0 spiro atoms. The second-order valence-electron chi connectivity index (χ2n) is 3.40. The first kappa shape index (κ1) is 11.0. The number of halogens is 1. The number of amides is 1. The molecular formula is C11H8BrNO3. The van der Waals surface area contributed by atoms with Crippen molar-refractivity contribution in [3.8, 4) is 0 Å². The molecule has 1 aliphatic rings. The number of fused-ring (bicyclic) bond motifs is 1. The Kier molecular flexibility index (Phi) is 2.87. The van der Waals surface area contributed by atoms with Crippen molar-refractivity contribution in [1.82, 2.24) is 0 Å². The number of hydrogen-bond acceptors (Lipinski definition) is 3. The zero-order valence-electron chi connectivity index (χ0n) is 8.27. The van der Waals surface area contributed by atoms with E-state index in [2.05, 4.69) is 15.9 Å². The van der Waals surface area contributed by atoms with Gasteiger partial charge in [-0.2, -0.15) is 0 Å². The summed E-state index contributed by atoms with van der Waals surface area (Å²) in [6.45, 7) is 0.248. The number of nitrogens with zero attached hydrogens (tertiary/aromatic N) is 1. The van der Waals surface area contributed by atoms with Crippen LogP contribution in [0, 0.1) is 0 Å². The van der Waals surface area contributed by atoms with Gasteiger partial charge < -0.3 is 9.69 Å². The van der Waals surface area contributed by atoms with Gasteiger partial charge in [-0.1, -0.05) is 15.9 Å². The molecule has 0 N–H and O–H groups in total. The molecule has 2 rings (SSSR count). The van der Waals surface area contributed by atoms with Gasteiger partial charge in [-0.25, -0.2) is 0 Å². The molecule has 82 valence electrons. The summed E-state index contributed by atoms with van der Waals surface area (Å²) in [6, 6.07) is 5.04. The van der Waals surface area contributed by atoms with E-state index in [1.54, 1.807) is 18.2 Å². The van der Waals surface area contributed by atoms with Gasteiger partial charge in [0.2, 0.25) is 0 Å². The average molecular weight is 282 g/mol. The van der Waals surface area contributed by atoms with Crippen LogP contribution in [0.25, 0.3) is 0 Å². The summed E-state index contributed by atoms with van der Waals surface area (Å²) < 4.78 is 0.796. The van der Waals surface area contributed by atoms with E-state index >= 15 is 0 Å². The van der Waals surface area contributed by atoms with Crippen molar-refractivity contribution < 1.29 is 14.4 Å². The van der Waals surface area contributed by atoms with Gasteiger partial charge in [0.05, 0.1) is 11.3 Å². The molecule has 1 amide bonds. The highest BCUT2D eigenvalue weighted by molar-refractivity contribution is 9.10. The van der Waals surface area contributed by atoms with Crippen molar-refractivity contribution in [2.24, 2.45) is 0 Å². The third-order valence-corrected chi connectivity index (χ3v) is 2.90. The lowest BCUT2D eigenvalue weighted by Crippen LogP contribution is -2.30.